The van der Waals surface area contributed by atoms with Crippen molar-refractivity contribution < 1.29 is 4.79 Å². The molecule has 3 N–H and O–H groups in total. The van der Waals surface area contributed by atoms with Crippen LogP contribution in [0.4, 0.5) is 10.9 Å². The summed E-state index contributed by atoms with van der Waals surface area (Å²) in [7, 11) is 0. The SMILES string of the molecule is Cc1nc(C[C@H]2CCCN(C(=O)C(C)(C)N)C2)cc(Nc2ncc(C)s2)n1. The summed E-state index contributed by atoms with van der Waals surface area (Å²) in [5.41, 5.74) is 6.16. The Hall–Kier alpha value is -2.06. The van der Waals surface area contributed by atoms with E-state index in [0.717, 1.165) is 59.7 Å². The van der Waals surface area contributed by atoms with Gasteiger partial charge in [0.2, 0.25) is 5.91 Å². The lowest BCUT2D eigenvalue weighted by molar-refractivity contribution is -0.137. The molecule has 146 valence electrons. The van der Waals surface area contributed by atoms with Crippen molar-refractivity contribution in [2.45, 2.75) is 52.5 Å². The first-order valence-corrected chi connectivity index (χ1v) is 10.1. The van der Waals surface area contributed by atoms with Crippen LogP contribution in [0.1, 0.15) is 43.1 Å². The van der Waals surface area contributed by atoms with E-state index in [1.165, 1.54) is 0 Å². The maximum atomic E-state index is 12.5. The molecular formula is C19H28N6OS. The van der Waals surface area contributed by atoms with E-state index in [-0.39, 0.29) is 5.91 Å². The molecule has 7 nitrogen and oxygen atoms in total. The molecule has 1 aliphatic heterocycles. The first kappa shape index (κ1) is 19.7. The molecule has 0 radical (unpaired) electrons. The number of rotatable bonds is 5. The zero-order valence-electron chi connectivity index (χ0n) is 16.5. The minimum Gasteiger partial charge on any atom is -0.341 e. The molecule has 2 aromatic heterocycles. The minimum absolute atomic E-state index is 0.0209. The van der Waals surface area contributed by atoms with Crippen molar-refractivity contribution >= 4 is 28.2 Å². The molecule has 27 heavy (non-hydrogen) atoms. The van der Waals surface area contributed by atoms with Crippen molar-refractivity contribution in [1.29, 1.82) is 0 Å². The second kappa shape index (κ2) is 7.90. The van der Waals surface area contributed by atoms with Gasteiger partial charge < -0.3 is 16.0 Å². The van der Waals surface area contributed by atoms with E-state index in [2.05, 4.69) is 20.3 Å². The normalized spacial score (nSPS) is 17.8. The van der Waals surface area contributed by atoms with Crippen LogP contribution in [0.15, 0.2) is 12.3 Å². The van der Waals surface area contributed by atoms with Gasteiger partial charge in [-0.1, -0.05) is 0 Å². The number of likely N-dealkylation sites (tertiary alicyclic amines) is 1. The second-order valence-corrected chi connectivity index (χ2v) is 9.11. The third kappa shape index (κ3) is 5.23. The third-order valence-corrected chi connectivity index (χ3v) is 5.43. The lowest BCUT2D eigenvalue weighted by Crippen LogP contribution is -2.53. The van der Waals surface area contributed by atoms with Crippen LogP contribution in [0.3, 0.4) is 0 Å². The number of piperidine rings is 1. The number of carbonyl (C=O) groups is 1. The highest BCUT2D eigenvalue weighted by molar-refractivity contribution is 7.15. The molecule has 1 saturated heterocycles. The average Bonchev–Trinajstić information content (AvgIpc) is 2.98. The topological polar surface area (TPSA) is 97.0 Å². The van der Waals surface area contributed by atoms with E-state index in [1.54, 1.807) is 25.2 Å². The van der Waals surface area contributed by atoms with Crippen LogP contribution in [0.5, 0.6) is 0 Å². The molecule has 1 atom stereocenters. The van der Waals surface area contributed by atoms with Gasteiger partial charge in [0.05, 0.1) is 5.54 Å². The molecule has 1 fully saturated rings. The Balaban J connectivity index is 1.68. The fourth-order valence-electron chi connectivity index (χ4n) is 3.44. The van der Waals surface area contributed by atoms with Crippen LogP contribution in [-0.2, 0) is 11.2 Å². The van der Waals surface area contributed by atoms with Crippen LogP contribution >= 0.6 is 11.3 Å². The number of nitrogens with two attached hydrogens (primary N) is 1. The Kier molecular flexibility index (Phi) is 5.76. The second-order valence-electron chi connectivity index (χ2n) is 7.88. The molecule has 0 aliphatic carbocycles. The Morgan fingerprint density at radius 2 is 2.19 bits per heavy atom. The molecule has 8 heteroatoms. The molecule has 0 aromatic carbocycles. The van der Waals surface area contributed by atoms with Gasteiger partial charge in [0.1, 0.15) is 11.6 Å². The number of thiazole rings is 1. The Bertz CT molecular complexity index is 813. The lowest BCUT2D eigenvalue weighted by Gasteiger charge is -2.36. The zero-order chi connectivity index (χ0) is 19.6. The largest absolute Gasteiger partial charge is 0.341 e. The van der Waals surface area contributed by atoms with Crippen LogP contribution in [-0.4, -0.2) is 44.4 Å². The van der Waals surface area contributed by atoms with Gasteiger partial charge in [-0.2, -0.15) is 0 Å². The summed E-state index contributed by atoms with van der Waals surface area (Å²) in [6.07, 6.45) is 4.75. The summed E-state index contributed by atoms with van der Waals surface area (Å²) >= 11 is 1.60. The molecule has 2 aromatic rings. The number of anilines is 2. The summed E-state index contributed by atoms with van der Waals surface area (Å²) in [4.78, 5) is 28.9. The number of amides is 1. The van der Waals surface area contributed by atoms with E-state index in [4.69, 9.17) is 5.73 Å². The molecule has 0 spiro atoms. The fraction of sp³-hybridized carbons (Fsp3) is 0.579. The van der Waals surface area contributed by atoms with Crippen LogP contribution in [0.25, 0.3) is 0 Å². The summed E-state index contributed by atoms with van der Waals surface area (Å²) < 4.78 is 0. The minimum atomic E-state index is -0.823. The van der Waals surface area contributed by atoms with E-state index >= 15 is 0 Å². The van der Waals surface area contributed by atoms with Gasteiger partial charge >= 0.3 is 0 Å². The van der Waals surface area contributed by atoms with E-state index in [1.807, 2.05) is 31.0 Å². The van der Waals surface area contributed by atoms with Gasteiger partial charge in [0.25, 0.3) is 0 Å². The van der Waals surface area contributed by atoms with Gasteiger partial charge in [-0.25, -0.2) is 15.0 Å². The third-order valence-electron chi connectivity index (χ3n) is 4.60. The number of hydrogen-bond acceptors (Lipinski definition) is 7. The number of nitrogens with zero attached hydrogens (tertiary/aromatic N) is 4. The Labute approximate surface area is 164 Å². The first-order valence-electron chi connectivity index (χ1n) is 9.33. The van der Waals surface area contributed by atoms with Crippen LogP contribution in [0.2, 0.25) is 0 Å². The number of carbonyl (C=O) groups excluding carboxylic acids is 1. The maximum absolute atomic E-state index is 12.5. The Morgan fingerprint density at radius 1 is 1.41 bits per heavy atom. The summed E-state index contributed by atoms with van der Waals surface area (Å²) in [5.74, 6) is 1.90. The van der Waals surface area contributed by atoms with Crippen molar-refractivity contribution in [2.24, 2.45) is 11.7 Å². The highest BCUT2D eigenvalue weighted by Crippen LogP contribution is 2.24. The van der Waals surface area contributed by atoms with Gasteiger partial charge in [0.15, 0.2) is 5.13 Å². The number of aromatic nitrogens is 3. The van der Waals surface area contributed by atoms with Crippen molar-refractivity contribution in [3.8, 4) is 0 Å². The first-order chi connectivity index (χ1) is 12.7. The summed E-state index contributed by atoms with van der Waals surface area (Å²) in [6.45, 7) is 8.98. The van der Waals surface area contributed by atoms with Gasteiger partial charge in [-0.15, -0.1) is 11.3 Å². The summed E-state index contributed by atoms with van der Waals surface area (Å²) in [6, 6.07) is 1.98. The maximum Gasteiger partial charge on any atom is 0.242 e. The van der Waals surface area contributed by atoms with Gasteiger partial charge in [-0.3, -0.25) is 4.79 Å². The van der Waals surface area contributed by atoms with Gasteiger partial charge in [0, 0.05) is 35.9 Å². The van der Waals surface area contributed by atoms with E-state index in [9.17, 15) is 4.79 Å². The monoisotopic (exact) mass is 388 g/mol. The smallest absolute Gasteiger partial charge is 0.242 e. The lowest BCUT2D eigenvalue weighted by atomic mass is 9.91. The molecule has 0 unspecified atom stereocenters. The standard InChI is InChI=1S/C19H28N6OS/c1-12-10-21-18(27-12)24-16-9-15(22-13(2)23-16)8-14-6-5-7-25(11-14)17(26)19(3,4)20/h9-10,14H,5-8,11,20H2,1-4H3,(H,21,22,23,24)/t14-/m1/s1. The van der Waals surface area contributed by atoms with Crippen molar-refractivity contribution in [3.63, 3.8) is 0 Å². The summed E-state index contributed by atoms with van der Waals surface area (Å²) in [5, 5.41) is 4.10. The van der Waals surface area contributed by atoms with Crippen molar-refractivity contribution in [3.05, 3.63) is 28.7 Å². The van der Waals surface area contributed by atoms with E-state index in [0.29, 0.717) is 5.92 Å². The number of nitrogens with one attached hydrogen (secondary N) is 1. The zero-order valence-corrected chi connectivity index (χ0v) is 17.3. The van der Waals surface area contributed by atoms with Crippen molar-refractivity contribution in [1.82, 2.24) is 19.9 Å². The highest BCUT2D eigenvalue weighted by atomic mass is 32.1. The molecule has 3 rings (SSSR count). The number of hydrogen-bond donors (Lipinski definition) is 2. The predicted octanol–water partition coefficient (Wildman–Crippen LogP) is 2.81. The molecule has 0 bridgehead atoms. The van der Waals surface area contributed by atoms with Crippen LogP contribution in [0, 0.1) is 19.8 Å². The molecule has 1 aliphatic rings. The van der Waals surface area contributed by atoms with Crippen LogP contribution < -0.4 is 11.1 Å². The number of aryl methyl sites for hydroxylation is 2. The Morgan fingerprint density at radius 3 is 2.85 bits per heavy atom. The molecule has 0 saturated carbocycles. The molecular weight excluding hydrogens is 360 g/mol. The van der Waals surface area contributed by atoms with Gasteiger partial charge in [-0.05, 0) is 52.9 Å². The van der Waals surface area contributed by atoms with Crippen molar-refractivity contribution in [2.75, 3.05) is 18.4 Å². The molecule has 1 amide bonds. The molecule has 3 heterocycles. The quantitative estimate of drug-likeness (QED) is 0.817. The predicted molar refractivity (Wildman–Crippen MR) is 108 cm³/mol. The average molecular weight is 389 g/mol. The fourth-order valence-corrected chi connectivity index (χ4v) is 4.11. The highest BCUT2D eigenvalue weighted by Gasteiger charge is 2.31. The van der Waals surface area contributed by atoms with E-state index < -0.39 is 5.54 Å².